The number of hydrogen-bond donors (Lipinski definition) is 1. The number of benzene rings is 2. The van der Waals surface area contributed by atoms with E-state index in [1.54, 1.807) is 30.3 Å². The molecule has 21 heavy (non-hydrogen) atoms. The first-order chi connectivity index (χ1) is 9.88. The van der Waals surface area contributed by atoms with Gasteiger partial charge in [0.25, 0.3) is 0 Å². The van der Waals surface area contributed by atoms with Crippen LogP contribution in [0.1, 0.15) is 11.1 Å². The Labute approximate surface area is 132 Å². The number of rotatable bonds is 5. The predicted molar refractivity (Wildman–Crippen MR) is 84.2 cm³/mol. The Balaban J connectivity index is 2.01. The van der Waals surface area contributed by atoms with Gasteiger partial charge in [0.1, 0.15) is 5.82 Å². The monoisotopic (exact) mass is 371 g/mol. The summed E-state index contributed by atoms with van der Waals surface area (Å²) in [6.45, 7) is 2.10. The molecule has 0 aromatic heterocycles. The van der Waals surface area contributed by atoms with E-state index in [1.807, 2.05) is 6.92 Å². The molecule has 0 unspecified atom stereocenters. The summed E-state index contributed by atoms with van der Waals surface area (Å²) in [5.41, 5.74) is 1.74. The molecule has 0 aliphatic carbocycles. The number of hydrogen-bond acceptors (Lipinski definition) is 2. The summed E-state index contributed by atoms with van der Waals surface area (Å²) >= 11 is 3.34. The normalized spacial score (nSPS) is 11.6. The van der Waals surface area contributed by atoms with Crippen LogP contribution in [-0.4, -0.2) is 15.0 Å². The molecular formula is C15H15BrFNO2S. The fourth-order valence-electron chi connectivity index (χ4n) is 1.85. The second kappa shape index (κ2) is 6.68. The van der Waals surface area contributed by atoms with E-state index in [4.69, 9.17) is 0 Å². The van der Waals surface area contributed by atoms with Crippen LogP contribution in [0.15, 0.2) is 51.8 Å². The van der Waals surface area contributed by atoms with Crippen molar-refractivity contribution in [2.24, 2.45) is 0 Å². The van der Waals surface area contributed by atoms with Crippen molar-refractivity contribution in [1.82, 2.24) is 4.72 Å². The van der Waals surface area contributed by atoms with Gasteiger partial charge < -0.3 is 0 Å². The number of aryl methyl sites for hydroxylation is 1. The van der Waals surface area contributed by atoms with E-state index in [2.05, 4.69) is 20.7 Å². The molecule has 0 saturated carbocycles. The fourth-order valence-corrected chi connectivity index (χ4v) is 3.21. The van der Waals surface area contributed by atoms with Crippen LogP contribution >= 0.6 is 15.9 Å². The van der Waals surface area contributed by atoms with Gasteiger partial charge in [-0.2, -0.15) is 0 Å². The lowest BCUT2D eigenvalue weighted by molar-refractivity contribution is 0.581. The predicted octanol–water partition coefficient (Wildman–Crippen LogP) is 3.42. The van der Waals surface area contributed by atoms with Crippen molar-refractivity contribution in [3.63, 3.8) is 0 Å². The summed E-state index contributed by atoms with van der Waals surface area (Å²) in [6.07, 6.45) is 0.509. The van der Waals surface area contributed by atoms with Crippen LogP contribution in [0, 0.1) is 12.7 Å². The van der Waals surface area contributed by atoms with Gasteiger partial charge >= 0.3 is 0 Å². The Morgan fingerprint density at radius 1 is 1.14 bits per heavy atom. The minimum atomic E-state index is -3.52. The maximum atomic E-state index is 12.8. The van der Waals surface area contributed by atoms with Crippen LogP contribution in [0.25, 0.3) is 0 Å². The molecule has 6 heteroatoms. The van der Waals surface area contributed by atoms with Crippen LogP contribution in [0.5, 0.6) is 0 Å². The molecule has 0 aliphatic heterocycles. The highest BCUT2D eigenvalue weighted by Gasteiger charge is 2.14. The molecule has 3 nitrogen and oxygen atoms in total. The van der Waals surface area contributed by atoms with Crippen molar-refractivity contribution < 1.29 is 12.8 Å². The Kier molecular flexibility index (Phi) is 5.13. The third kappa shape index (κ3) is 4.36. The van der Waals surface area contributed by atoms with Gasteiger partial charge in [0.2, 0.25) is 10.0 Å². The summed E-state index contributed by atoms with van der Waals surface area (Å²) < 4.78 is 40.5. The molecule has 0 fully saturated rings. The summed E-state index contributed by atoms with van der Waals surface area (Å²) in [5.74, 6) is -0.301. The van der Waals surface area contributed by atoms with E-state index in [0.29, 0.717) is 6.42 Å². The zero-order valence-corrected chi connectivity index (χ0v) is 13.8. The standard InChI is InChI=1S/C15H15BrFNO2S/c1-11-10-14(6-7-15(11)16)21(19,20)18-9-8-12-2-4-13(17)5-3-12/h2-7,10,18H,8-9H2,1H3. The van der Waals surface area contributed by atoms with Gasteiger partial charge in [-0.05, 0) is 54.8 Å². The smallest absolute Gasteiger partial charge is 0.211 e. The molecule has 0 saturated heterocycles. The zero-order chi connectivity index (χ0) is 15.5. The fraction of sp³-hybridized carbons (Fsp3) is 0.200. The zero-order valence-electron chi connectivity index (χ0n) is 11.4. The molecule has 1 N–H and O–H groups in total. The Bertz CT molecular complexity index is 730. The molecule has 2 rings (SSSR count). The SMILES string of the molecule is Cc1cc(S(=O)(=O)NCCc2ccc(F)cc2)ccc1Br. The molecule has 0 spiro atoms. The van der Waals surface area contributed by atoms with Gasteiger partial charge in [0, 0.05) is 11.0 Å². The molecule has 0 atom stereocenters. The summed E-state index contributed by atoms with van der Waals surface area (Å²) in [5, 5.41) is 0. The minimum absolute atomic E-state index is 0.238. The lowest BCUT2D eigenvalue weighted by Crippen LogP contribution is -2.26. The molecule has 0 heterocycles. The van der Waals surface area contributed by atoms with Crippen LogP contribution in [0.2, 0.25) is 0 Å². The van der Waals surface area contributed by atoms with E-state index in [1.165, 1.54) is 12.1 Å². The average Bonchev–Trinajstić information content (AvgIpc) is 2.44. The highest BCUT2D eigenvalue weighted by atomic mass is 79.9. The van der Waals surface area contributed by atoms with Crippen LogP contribution in [-0.2, 0) is 16.4 Å². The summed E-state index contributed by atoms with van der Waals surface area (Å²) in [4.78, 5) is 0.238. The molecule has 0 bridgehead atoms. The highest BCUT2D eigenvalue weighted by Crippen LogP contribution is 2.19. The third-order valence-electron chi connectivity index (χ3n) is 3.06. The molecule has 0 amide bonds. The first-order valence-electron chi connectivity index (χ1n) is 6.39. The third-order valence-corrected chi connectivity index (χ3v) is 5.41. The van der Waals surface area contributed by atoms with Crippen LogP contribution in [0.3, 0.4) is 0 Å². The topological polar surface area (TPSA) is 46.2 Å². The van der Waals surface area contributed by atoms with Gasteiger partial charge in [0.15, 0.2) is 0 Å². The quantitative estimate of drug-likeness (QED) is 0.874. The van der Waals surface area contributed by atoms with Crippen molar-refractivity contribution in [2.45, 2.75) is 18.2 Å². The van der Waals surface area contributed by atoms with E-state index in [-0.39, 0.29) is 17.3 Å². The van der Waals surface area contributed by atoms with Crippen LogP contribution < -0.4 is 4.72 Å². The maximum absolute atomic E-state index is 12.8. The van der Waals surface area contributed by atoms with Crippen molar-refractivity contribution in [3.8, 4) is 0 Å². The summed E-state index contributed by atoms with van der Waals surface area (Å²) in [6, 6.07) is 10.9. The molecule has 2 aromatic rings. The van der Waals surface area contributed by atoms with Crippen LogP contribution in [0.4, 0.5) is 4.39 Å². The lowest BCUT2D eigenvalue weighted by atomic mass is 10.1. The minimum Gasteiger partial charge on any atom is -0.211 e. The second-order valence-electron chi connectivity index (χ2n) is 4.69. The van der Waals surface area contributed by atoms with Crippen molar-refractivity contribution in [1.29, 1.82) is 0 Å². The first-order valence-corrected chi connectivity index (χ1v) is 8.66. The molecule has 112 valence electrons. The van der Waals surface area contributed by atoms with E-state index in [9.17, 15) is 12.8 Å². The van der Waals surface area contributed by atoms with E-state index < -0.39 is 10.0 Å². The second-order valence-corrected chi connectivity index (χ2v) is 7.31. The van der Waals surface area contributed by atoms with Gasteiger partial charge in [-0.3, -0.25) is 0 Å². The maximum Gasteiger partial charge on any atom is 0.240 e. The summed E-state index contributed by atoms with van der Waals surface area (Å²) in [7, 11) is -3.52. The van der Waals surface area contributed by atoms with E-state index >= 15 is 0 Å². The van der Waals surface area contributed by atoms with Crippen molar-refractivity contribution in [2.75, 3.05) is 6.54 Å². The lowest BCUT2D eigenvalue weighted by Gasteiger charge is -2.08. The highest BCUT2D eigenvalue weighted by molar-refractivity contribution is 9.10. The van der Waals surface area contributed by atoms with E-state index in [0.717, 1.165) is 15.6 Å². The number of halogens is 2. The Hall–Kier alpha value is -1.24. The Morgan fingerprint density at radius 3 is 2.43 bits per heavy atom. The molecule has 0 aliphatic rings. The Morgan fingerprint density at radius 2 is 1.81 bits per heavy atom. The molecular weight excluding hydrogens is 357 g/mol. The van der Waals surface area contributed by atoms with Gasteiger partial charge in [0.05, 0.1) is 4.90 Å². The van der Waals surface area contributed by atoms with Crippen molar-refractivity contribution >= 4 is 26.0 Å². The average molecular weight is 372 g/mol. The first kappa shape index (κ1) is 16.1. The molecule has 0 radical (unpaired) electrons. The number of nitrogens with one attached hydrogen (secondary N) is 1. The molecule has 2 aromatic carbocycles. The van der Waals surface area contributed by atoms with Gasteiger partial charge in [-0.1, -0.05) is 28.1 Å². The largest absolute Gasteiger partial charge is 0.240 e. The number of sulfonamides is 1. The van der Waals surface area contributed by atoms with Gasteiger partial charge in [-0.15, -0.1) is 0 Å². The van der Waals surface area contributed by atoms with Crippen molar-refractivity contribution in [3.05, 3.63) is 63.9 Å². The van der Waals surface area contributed by atoms with Gasteiger partial charge in [-0.25, -0.2) is 17.5 Å².